The Morgan fingerprint density at radius 2 is 2.27 bits per heavy atom. The highest BCUT2D eigenvalue weighted by Crippen LogP contribution is 2.29. The lowest BCUT2D eigenvalue weighted by molar-refractivity contribution is -0.116. The Morgan fingerprint density at radius 3 is 2.80 bits per heavy atom. The van der Waals surface area contributed by atoms with Crippen molar-refractivity contribution in [1.82, 2.24) is 0 Å². The van der Waals surface area contributed by atoms with Gasteiger partial charge in [-0.05, 0) is 32.0 Å². The number of carbonyl (C=O) groups excluding carboxylic acids is 1. The van der Waals surface area contributed by atoms with Crippen molar-refractivity contribution in [2.75, 3.05) is 6.61 Å². The summed E-state index contributed by atoms with van der Waals surface area (Å²) in [6.07, 6.45) is 0. The number of halogens is 2. The summed E-state index contributed by atoms with van der Waals surface area (Å²) in [4.78, 5) is 10.5. The maximum absolute atomic E-state index is 13.4. The van der Waals surface area contributed by atoms with Crippen LogP contribution in [0.4, 0.5) is 4.39 Å². The number of rotatable bonds is 4. The average Bonchev–Trinajstić information content (AvgIpc) is 2.20. The molecule has 15 heavy (non-hydrogen) atoms. The quantitative estimate of drug-likeness (QED) is 0.788. The van der Waals surface area contributed by atoms with Crippen molar-refractivity contribution in [3.63, 3.8) is 0 Å². The van der Waals surface area contributed by atoms with E-state index in [1.54, 1.807) is 12.1 Å². The first kappa shape index (κ1) is 12.2. The summed E-state index contributed by atoms with van der Waals surface area (Å²) in [5.41, 5.74) is 0.313. The van der Waals surface area contributed by atoms with Gasteiger partial charge in [0.05, 0.1) is 6.61 Å². The Balaban J connectivity index is 3.04. The normalized spacial score (nSPS) is 12.3. The molecule has 0 bridgehead atoms. The summed E-state index contributed by atoms with van der Waals surface area (Å²) in [5, 5.41) is 0. The molecule has 0 saturated carbocycles. The molecule has 0 aliphatic heterocycles. The maximum Gasteiger partial charge on any atom is 0.147 e. The summed E-state index contributed by atoms with van der Waals surface area (Å²) < 4.78 is 18.6. The van der Waals surface area contributed by atoms with Crippen molar-refractivity contribution >= 4 is 21.7 Å². The number of Topliss-reactive ketones (excluding diaryl/α,β-unsaturated/α-hetero) is 1. The number of hydrogen-bond donors (Lipinski definition) is 0. The predicted octanol–water partition coefficient (Wildman–Crippen LogP) is 3.25. The molecule has 0 N–H and O–H groups in total. The van der Waals surface area contributed by atoms with Crippen LogP contribution in [0.1, 0.15) is 24.2 Å². The third kappa shape index (κ3) is 3.02. The number of benzene rings is 1. The first-order chi connectivity index (χ1) is 7.06. The average molecular weight is 275 g/mol. The van der Waals surface area contributed by atoms with E-state index in [2.05, 4.69) is 15.9 Å². The number of hydrogen-bond acceptors (Lipinski definition) is 2. The summed E-state index contributed by atoms with van der Waals surface area (Å²) in [6, 6.07) is 4.39. The fourth-order valence-electron chi connectivity index (χ4n) is 1.19. The van der Waals surface area contributed by atoms with Gasteiger partial charge >= 0.3 is 0 Å². The molecule has 0 aliphatic carbocycles. The summed E-state index contributed by atoms with van der Waals surface area (Å²) in [7, 11) is 0. The molecule has 0 aromatic heterocycles. The van der Waals surface area contributed by atoms with Crippen molar-refractivity contribution in [3.8, 4) is 5.75 Å². The maximum atomic E-state index is 13.4. The third-order valence-electron chi connectivity index (χ3n) is 1.91. The second kappa shape index (κ2) is 5.26. The van der Waals surface area contributed by atoms with Gasteiger partial charge in [-0.1, -0.05) is 15.9 Å². The molecule has 2 nitrogen and oxygen atoms in total. The molecule has 1 unspecified atom stereocenters. The van der Waals surface area contributed by atoms with Crippen LogP contribution in [0.25, 0.3) is 0 Å². The molecule has 1 rings (SSSR count). The van der Waals surface area contributed by atoms with E-state index in [1.807, 2.05) is 6.92 Å². The van der Waals surface area contributed by atoms with E-state index in [0.717, 1.165) is 0 Å². The van der Waals surface area contributed by atoms with Crippen LogP contribution in [-0.4, -0.2) is 12.4 Å². The van der Waals surface area contributed by atoms with E-state index in [9.17, 15) is 9.18 Å². The Hall–Kier alpha value is -0.900. The van der Waals surface area contributed by atoms with E-state index >= 15 is 0 Å². The highest BCUT2D eigenvalue weighted by molar-refractivity contribution is 9.09. The Morgan fingerprint density at radius 1 is 1.60 bits per heavy atom. The lowest BCUT2D eigenvalue weighted by atomic mass is 10.1. The molecule has 0 amide bonds. The first-order valence-electron chi connectivity index (χ1n) is 4.63. The van der Waals surface area contributed by atoms with E-state index in [1.165, 1.54) is 13.0 Å². The Bertz CT molecular complexity index is 366. The van der Waals surface area contributed by atoms with E-state index in [0.29, 0.717) is 17.9 Å². The van der Waals surface area contributed by atoms with Crippen molar-refractivity contribution in [3.05, 3.63) is 29.6 Å². The minimum Gasteiger partial charge on any atom is -0.494 e. The zero-order valence-electron chi connectivity index (χ0n) is 8.59. The molecule has 1 aromatic carbocycles. The van der Waals surface area contributed by atoms with Crippen LogP contribution >= 0.6 is 15.9 Å². The SMILES string of the molecule is CCOc1ccc(F)c(C(Br)C(C)=O)c1. The van der Waals surface area contributed by atoms with Gasteiger partial charge < -0.3 is 4.74 Å². The number of ketones is 1. The topological polar surface area (TPSA) is 26.3 Å². The van der Waals surface area contributed by atoms with Crippen molar-refractivity contribution in [2.45, 2.75) is 18.7 Å². The van der Waals surface area contributed by atoms with Gasteiger partial charge in [0.25, 0.3) is 0 Å². The number of carbonyl (C=O) groups is 1. The monoisotopic (exact) mass is 274 g/mol. The zero-order valence-corrected chi connectivity index (χ0v) is 10.2. The van der Waals surface area contributed by atoms with Gasteiger partial charge in [-0.2, -0.15) is 0 Å². The molecule has 0 fully saturated rings. The molecular weight excluding hydrogens is 263 g/mol. The van der Waals surface area contributed by atoms with Crippen LogP contribution in [0.5, 0.6) is 5.75 Å². The predicted molar refractivity (Wildman–Crippen MR) is 59.9 cm³/mol. The lowest BCUT2D eigenvalue weighted by Gasteiger charge is -2.10. The lowest BCUT2D eigenvalue weighted by Crippen LogP contribution is -2.04. The Labute approximate surface area is 96.6 Å². The molecule has 1 atom stereocenters. The molecular formula is C11H12BrFO2. The van der Waals surface area contributed by atoms with Crippen molar-refractivity contribution in [2.24, 2.45) is 0 Å². The number of ether oxygens (including phenoxy) is 1. The second-order valence-corrected chi connectivity index (χ2v) is 4.01. The summed E-state index contributed by atoms with van der Waals surface area (Å²) in [6.45, 7) is 3.77. The van der Waals surface area contributed by atoms with Crippen LogP contribution in [0.3, 0.4) is 0 Å². The summed E-state index contributed by atoms with van der Waals surface area (Å²) in [5.74, 6) is 0.0256. The second-order valence-electron chi connectivity index (χ2n) is 3.09. The molecule has 82 valence electrons. The van der Waals surface area contributed by atoms with Gasteiger partial charge in [0.1, 0.15) is 22.2 Å². The molecule has 0 aliphatic rings. The minimum atomic E-state index is -0.613. The van der Waals surface area contributed by atoms with E-state index in [4.69, 9.17) is 4.74 Å². The molecule has 1 aromatic rings. The largest absolute Gasteiger partial charge is 0.494 e. The number of alkyl halides is 1. The molecule has 0 saturated heterocycles. The fraction of sp³-hybridized carbons (Fsp3) is 0.364. The smallest absolute Gasteiger partial charge is 0.147 e. The summed E-state index contributed by atoms with van der Waals surface area (Å²) >= 11 is 3.14. The molecule has 0 heterocycles. The van der Waals surface area contributed by atoms with Gasteiger partial charge in [0, 0.05) is 5.56 Å². The van der Waals surface area contributed by atoms with Crippen molar-refractivity contribution < 1.29 is 13.9 Å². The highest BCUT2D eigenvalue weighted by Gasteiger charge is 2.17. The van der Waals surface area contributed by atoms with Crippen LogP contribution < -0.4 is 4.74 Å². The standard InChI is InChI=1S/C11H12BrFO2/c1-3-15-8-4-5-10(13)9(6-8)11(12)7(2)14/h4-6,11H,3H2,1-2H3. The van der Waals surface area contributed by atoms with Crippen LogP contribution in [0.2, 0.25) is 0 Å². The van der Waals surface area contributed by atoms with Crippen LogP contribution in [0.15, 0.2) is 18.2 Å². The zero-order chi connectivity index (χ0) is 11.4. The first-order valence-corrected chi connectivity index (χ1v) is 5.54. The van der Waals surface area contributed by atoms with Gasteiger partial charge in [-0.3, -0.25) is 4.79 Å². The van der Waals surface area contributed by atoms with Gasteiger partial charge in [-0.25, -0.2) is 4.39 Å². The molecule has 0 radical (unpaired) electrons. The van der Waals surface area contributed by atoms with Gasteiger partial charge in [-0.15, -0.1) is 0 Å². The Kier molecular flexibility index (Phi) is 4.27. The molecule has 4 heteroatoms. The third-order valence-corrected chi connectivity index (χ3v) is 3.05. The van der Waals surface area contributed by atoms with Crippen LogP contribution in [0, 0.1) is 5.82 Å². The highest BCUT2D eigenvalue weighted by atomic mass is 79.9. The minimum absolute atomic E-state index is 0.137. The fourth-order valence-corrected chi connectivity index (χ4v) is 1.54. The van der Waals surface area contributed by atoms with Crippen LogP contribution in [-0.2, 0) is 4.79 Å². The van der Waals surface area contributed by atoms with Crippen molar-refractivity contribution in [1.29, 1.82) is 0 Å². The molecule has 0 spiro atoms. The van der Waals surface area contributed by atoms with E-state index in [-0.39, 0.29) is 5.78 Å². The van der Waals surface area contributed by atoms with Gasteiger partial charge in [0.15, 0.2) is 0 Å². The van der Waals surface area contributed by atoms with Gasteiger partial charge in [0.2, 0.25) is 0 Å². The van der Waals surface area contributed by atoms with E-state index < -0.39 is 10.6 Å².